The average molecular weight is 191 g/mol. The number of benzene rings is 1. The van der Waals surface area contributed by atoms with Crippen molar-refractivity contribution in [1.29, 1.82) is 0 Å². The molecule has 0 unspecified atom stereocenters. The summed E-state index contributed by atoms with van der Waals surface area (Å²) >= 11 is 0. The Morgan fingerprint density at radius 2 is 2.00 bits per heavy atom. The molecule has 2 heteroatoms. The number of nitrogens with zero attached hydrogens (tertiary/aromatic N) is 1. The third kappa shape index (κ3) is 1.81. The Balaban J connectivity index is 2.17. The lowest BCUT2D eigenvalue weighted by atomic mass is 10.0. The number of rotatable bonds is 1. The largest absolute Gasteiger partial charge is 0.371 e. The molecule has 0 N–H and O–H groups in total. The van der Waals surface area contributed by atoms with Gasteiger partial charge in [0.2, 0.25) is 0 Å². The summed E-state index contributed by atoms with van der Waals surface area (Å²) in [7, 11) is 2.16. The van der Waals surface area contributed by atoms with Gasteiger partial charge in [-0.2, -0.15) is 0 Å². The number of likely N-dealkylation sites (N-methyl/N-ethyl adjacent to an activating group) is 1. The first-order valence-electron chi connectivity index (χ1n) is 5.16. The fourth-order valence-electron chi connectivity index (χ4n) is 1.92. The minimum atomic E-state index is 0.231. The van der Waals surface area contributed by atoms with Crippen LogP contribution in [0.3, 0.4) is 0 Å². The average Bonchev–Trinajstić information content (AvgIpc) is 2.23. The van der Waals surface area contributed by atoms with Crippen LogP contribution in [0.15, 0.2) is 30.3 Å². The molecule has 0 bridgehead atoms. The van der Waals surface area contributed by atoms with Crippen molar-refractivity contribution in [3.05, 3.63) is 35.9 Å². The molecular formula is C12H17NO. The zero-order chi connectivity index (χ0) is 9.97. The molecule has 0 saturated carbocycles. The molecule has 14 heavy (non-hydrogen) atoms. The summed E-state index contributed by atoms with van der Waals surface area (Å²) in [5, 5.41) is 0. The van der Waals surface area contributed by atoms with Gasteiger partial charge in [0.15, 0.2) is 0 Å². The summed E-state index contributed by atoms with van der Waals surface area (Å²) in [5.41, 5.74) is 1.28. The summed E-state index contributed by atoms with van der Waals surface area (Å²) in [4.78, 5) is 2.35. The normalized spacial score (nSPS) is 29.0. The van der Waals surface area contributed by atoms with Gasteiger partial charge in [0.05, 0.1) is 12.7 Å². The van der Waals surface area contributed by atoms with Crippen molar-refractivity contribution in [2.45, 2.75) is 19.1 Å². The van der Waals surface area contributed by atoms with E-state index in [0.29, 0.717) is 6.04 Å². The minimum absolute atomic E-state index is 0.231. The zero-order valence-electron chi connectivity index (χ0n) is 8.81. The number of ether oxygens (including phenoxy) is 1. The van der Waals surface area contributed by atoms with Gasteiger partial charge in [-0.25, -0.2) is 0 Å². The van der Waals surface area contributed by atoms with Crippen molar-refractivity contribution in [1.82, 2.24) is 4.90 Å². The molecule has 0 aromatic heterocycles. The van der Waals surface area contributed by atoms with Gasteiger partial charge in [0, 0.05) is 12.6 Å². The van der Waals surface area contributed by atoms with E-state index in [-0.39, 0.29) is 6.10 Å². The van der Waals surface area contributed by atoms with Crippen LogP contribution in [0, 0.1) is 0 Å². The van der Waals surface area contributed by atoms with E-state index in [0.717, 1.165) is 13.2 Å². The Kier molecular flexibility index (Phi) is 2.85. The maximum atomic E-state index is 5.80. The lowest BCUT2D eigenvalue weighted by molar-refractivity contribution is -0.0571. The molecule has 1 aliphatic heterocycles. The highest BCUT2D eigenvalue weighted by Gasteiger charge is 2.27. The lowest BCUT2D eigenvalue weighted by Gasteiger charge is -2.37. The molecule has 2 atom stereocenters. The summed E-state index contributed by atoms with van der Waals surface area (Å²) < 4.78 is 5.80. The molecule has 0 spiro atoms. The van der Waals surface area contributed by atoms with Crippen LogP contribution < -0.4 is 0 Å². The highest BCUT2D eigenvalue weighted by molar-refractivity contribution is 5.19. The van der Waals surface area contributed by atoms with Gasteiger partial charge in [-0.3, -0.25) is 4.90 Å². The summed E-state index contributed by atoms with van der Waals surface area (Å²) in [6.45, 7) is 4.09. The Morgan fingerprint density at radius 1 is 1.29 bits per heavy atom. The number of morpholine rings is 1. The van der Waals surface area contributed by atoms with Crippen LogP contribution in [0.5, 0.6) is 0 Å². The molecule has 1 saturated heterocycles. The fourth-order valence-corrected chi connectivity index (χ4v) is 1.92. The van der Waals surface area contributed by atoms with Crippen molar-refractivity contribution in [3.63, 3.8) is 0 Å². The van der Waals surface area contributed by atoms with Gasteiger partial charge in [0.1, 0.15) is 0 Å². The van der Waals surface area contributed by atoms with Crippen molar-refractivity contribution in [2.24, 2.45) is 0 Å². The van der Waals surface area contributed by atoms with Crippen molar-refractivity contribution < 1.29 is 4.74 Å². The first-order valence-corrected chi connectivity index (χ1v) is 5.16. The van der Waals surface area contributed by atoms with Gasteiger partial charge in [-0.15, -0.1) is 0 Å². The van der Waals surface area contributed by atoms with E-state index >= 15 is 0 Å². The third-order valence-corrected chi connectivity index (χ3v) is 3.00. The van der Waals surface area contributed by atoms with E-state index in [2.05, 4.69) is 43.1 Å². The van der Waals surface area contributed by atoms with Gasteiger partial charge in [-0.05, 0) is 19.5 Å². The maximum Gasteiger partial charge on any atom is 0.0977 e. The standard InChI is InChI=1S/C12H17NO/c1-10-12(14-9-8-13(10)2)11-6-4-3-5-7-11/h3-7,10,12H,8-9H2,1-2H3/t10-,12+/m0/s1. The monoisotopic (exact) mass is 191 g/mol. The minimum Gasteiger partial charge on any atom is -0.371 e. The third-order valence-electron chi connectivity index (χ3n) is 3.00. The molecule has 0 radical (unpaired) electrons. The zero-order valence-corrected chi connectivity index (χ0v) is 8.81. The lowest BCUT2D eigenvalue weighted by Crippen LogP contribution is -2.42. The topological polar surface area (TPSA) is 12.5 Å². The molecular weight excluding hydrogens is 174 g/mol. The first kappa shape index (κ1) is 9.69. The smallest absolute Gasteiger partial charge is 0.0977 e. The van der Waals surface area contributed by atoms with E-state index in [4.69, 9.17) is 4.74 Å². The quantitative estimate of drug-likeness (QED) is 0.674. The van der Waals surface area contributed by atoms with Crippen LogP contribution in [-0.2, 0) is 4.74 Å². The SMILES string of the molecule is C[C@H]1[C@H](c2ccccc2)OCCN1C. The predicted molar refractivity (Wildman–Crippen MR) is 57.2 cm³/mol. The molecule has 76 valence electrons. The molecule has 1 aliphatic rings. The first-order chi connectivity index (χ1) is 6.79. The van der Waals surface area contributed by atoms with Crippen LogP contribution in [0.4, 0.5) is 0 Å². The van der Waals surface area contributed by atoms with E-state index in [1.54, 1.807) is 0 Å². The second-order valence-electron chi connectivity index (χ2n) is 3.92. The molecule has 2 nitrogen and oxygen atoms in total. The van der Waals surface area contributed by atoms with Crippen molar-refractivity contribution >= 4 is 0 Å². The van der Waals surface area contributed by atoms with Gasteiger partial charge in [0.25, 0.3) is 0 Å². The van der Waals surface area contributed by atoms with Gasteiger partial charge < -0.3 is 4.74 Å². The summed E-state index contributed by atoms with van der Waals surface area (Å²) in [6, 6.07) is 10.9. The molecule has 1 fully saturated rings. The Labute approximate surface area is 85.5 Å². The maximum absolute atomic E-state index is 5.80. The fraction of sp³-hybridized carbons (Fsp3) is 0.500. The molecule has 1 aromatic carbocycles. The van der Waals surface area contributed by atoms with Crippen LogP contribution in [0.25, 0.3) is 0 Å². The number of hydrogen-bond donors (Lipinski definition) is 0. The summed E-state index contributed by atoms with van der Waals surface area (Å²) in [6.07, 6.45) is 0.231. The molecule has 0 amide bonds. The van der Waals surface area contributed by atoms with Crippen LogP contribution in [0.1, 0.15) is 18.6 Å². The second kappa shape index (κ2) is 4.11. The van der Waals surface area contributed by atoms with Gasteiger partial charge in [-0.1, -0.05) is 30.3 Å². The second-order valence-corrected chi connectivity index (χ2v) is 3.92. The van der Waals surface area contributed by atoms with E-state index < -0.39 is 0 Å². The van der Waals surface area contributed by atoms with Crippen molar-refractivity contribution in [2.75, 3.05) is 20.2 Å². The van der Waals surface area contributed by atoms with E-state index in [9.17, 15) is 0 Å². The van der Waals surface area contributed by atoms with E-state index in [1.165, 1.54) is 5.56 Å². The van der Waals surface area contributed by atoms with Crippen LogP contribution in [-0.4, -0.2) is 31.1 Å². The van der Waals surface area contributed by atoms with Gasteiger partial charge >= 0.3 is 0 Å². The number of hydrogen-bond acceptors (Lipinski definition) is 2. The molecule has 1 heterocycles. The van der Waals surface area contributed by atoms with Crippen molar-refractivity contribution in [3.8, 4) is 0 Å². The molecule has 2 rings (SSSR count). The van der Waals surface area contributed by atoms with E-state index in [1.807, 2.05) is 6.07 Å². The van der Waals surface area contributed by atoms with Crippen LogP contribution >= 0.6 is 0 Å². The Hall–Kier alpha value is -0.860. The predicted octanol–water partition coefficient (Wildman–Crippen LogP) is 2.08. The summed E-state index contributed by atoms with van der Waals surface area (Å²) in [5.74, 6) is 0. The Morgan fingerprint density at radius 3 is 2.71 bits per heavy atom. The highest BCUT2D eigenvalue weighted by atomic mass is 16.5. The highest BCUT2D eigenvalue weighted by Crippen LogP contribution is 2.26. The van der Waals surface area contributed by atoms with Crippen LogP contribution in [0.2, 0.25) is 0 Å². The molecule has 1 aromatic rings. The Bertz CT molecular complexity index is 286. The molecule has 0 aliphatic carbocycles.